The van der Waals surface area contributed by atoms with Crippen LogP contribution in [0.4, 0.5) is 0 Å². The summed E-state index contributed by atoms with van der Waals surface area (Å²) < 4.78 is 5.53. The Balaban J connectivity index is 2.10. The van der Waals surface area contributed by atoms with Gasteiger partial charge in [0.15, 0.2) is 0 Å². The van der Waals surface area contributed by atoms with E-state index in [1.165, 1.54) is 38.8 Å². The van der Waals surface area contributed by atoms with Gasteiger partial charge in [0.1, 0.15) is 0 Å². The molecule has 18 heavy (non-hydrogen) atoms. The van der Waals surface area contributed by atoms with Crippen LogP contribution in [-0.2, 0) is 4.74 Å². The minimum absolute atomic E-state index is 0.406. The highest BCUT2D eigenvalue weighted by Crippen LogP contribution is 2.26. The van der Waals surface area contributed by atoms with E-state index in [0.29, 0.717) is 5.41 Å². The first-order valence-corrected chi connectivity index (χ1v) is 7.50. The standard InChI is InChI=1S/C15H32N2O/c1-15(2,8-9-16)7-5-10-17(3)12-14-6-4-11-18-13-14/h14H,4-13,16H2,1-3H3. The number of nitrogens with zero attached hydrogens (tertiary/aromatic N) is 1. The van der Waals surface area contributed by atoms with Crippen molar-refractivity contribution >= 4 is 0 Å². The molecule has 1 saturated heterocycles. The Labute approximate surface area is 113 Å². The summed E-state index contributed by atoms with van der Waals surface area (Å²) >= 11 is 0. The maximum atomic E-state index is 5.65. The van der Waals surface area contributed by atoms with E-state index in [9.17, 15) is 0 Å². The van der Waals surface area contributed by atoms with Crippen molar-refractivity contribution in [3.05, 3.63) is 0 Å². The van der Waals surface area contributed by atoms with Gasteiger partial charge in [0.2, 0.25) is 0 Å². The SMILES string of the molecule is CN(CCCC(C)(C)CCN)CC1CCCOC1. The molecule has 1 rings (SSSR count). The largest absolute Gasteiger partial charge is 0.381 e. The molecule has 0 aromatic carbocycles. The van der Waals surface area contributed by atoms with E-state index in [0.717, 1.165) is 32.1 Å². The highest BCUT2D eigenvalue weighted by atomic mass is 16.5. The van der Waals surface area contributed by atoms with Crippen LogP contribution in [0.3, 0.4) is 0 Å². The van der Waals surface area contributed by atoms with Crippen LogP contribution < -0.4 is 5.73 Å². The molecule has 0 aromatic rings. The zero-order valence-electron chi connectivity index (χ0n) is 12.6. The molecule has 0 spiro atoms. The van der Waals surface area contributed by atoms with Crippen molar-refractivity contribution in [1.29, 1.82) is 0 Å². The Kier molecular flexibility index (Phi) is 7.20. The molecule has 0 radical (unpaired) electrons. The quantitative estimate of drug-likeness (QED) is 0.725. The fourth-order valence-electron chi connectivity index (χ4n) is 2.83. The summed E-state index contributed by atoms with van der Waals surface area (Å²) in [6.45, 7) is 9.78. The van der Waals surface area contributed by atoms with Crippen molar-refractivity contribution in [3.63, 3.8) is 0 Å². The molecule has 0 amide bonds. The second-order valence-electron chi connectivity index (χ2n) is 6.65. The zero-order valence-corrected chi connectivity index (χ0v) is 12.6. The summed E-state index contributed by atoms with van der Waals surface area (Å²) in [4.78, 5) is 2.47. The van der Waals surface area contributed by atoms with Crippen molar-refractivity contribution in [1.82, 2.24) is 4.90 Å². The van der Waals surface area contributed by atoms with Crippen molar-refractivity contribution in [2.75, 3.05) is 39.9 Å². The molecule has 1 unspecified atom stereocenters. The van der Waals surface area contributed by atoms with Gasteiger partial charge in [-0.25, -0.2) is 0 Å². The highest BCUT2D eigenvalue weighted by molar-refractivity contribution is 4.71. The summed E-state index contributed by atoms with van der Waals surface area (Å²) in [6.07, 6.45) is 6.25. The maximum Gasteiger partial charge on any atom is 0.0506 e. The monoisotopic (exact) mass is 256 g/mol. The minimum Gasteiger partial charge on any atom is -0.381 e. The Morgan fingerprint density at radius 1 is 1.33 bits per heavy atom. The van der Waals surface area contributed by atoms with Crippen molar-refractivity contribution in [2.45, 2.75) is 46.0 Å². The summed E-state index contributed by atoms with van der Waals surface area (Å²) in [5, 5.41) is 0. The summed E-state index contributed by atoms with van der Waals surface area (Å²) in [5.74, 6) is 0.751. The predicted octanol–water partition coefficient (Wildman–Crippen LogP) is 2.50. The first-order chi connectivity index (χ1) is 8.53. The summed E-state index contributed by atoms with van der Waals surface area (Å²) in [7, 11) is 2.24. The second-order valence-corrected chi connectivity index (χ2v) is 6.65. The third-order valence-electron chi connectivity index (χ3n) is 4.04. The lowest BCUT2D eigenvalue weighted by Crippen LogP contribution is -2.32. The van der Waals surface area contributed by atoms with Gasteiger partial charge in [-0.05, 0) is 63.6 Å². The Hall–Kier alpha value is -0.120. The van der Waals surface area contributed by atoms with Crippen LogP contribution >= 0.6 is 0 Å². The van der Waals surface area contributed by atoms with E-state index in [1.54, 1.807) is 0 Å². The van der Waals surface area contributed by atoms with E-state index in [1.807, 2.05) is 0 Å². The highest BCUT2D eigenvalue weighted by Gasteiger charge is 2.18. The molecule has 1 aliphatic rings. The fraction of sp³-hybridized carbons (Fsp3) is 1.00. The van der Waals surface area contributed by atoms with Crippen LogP contribution in [0, 0.1) is 11.3 Å². The molecule has 3 nitrogen and oxygen atoms in total. The molecule has 0 bridgehead atoms. The van der Waals surface area contributed by atoms with Crippen molar-refractivity contribution in [3.8, 4) is 0 Å². The van der Waals surface area contributed by atoms with Crippen molar-refractivity contribution in [2.24, 2.45) is 17.1 Å². The molecule has 1 heterocycles. The van der Waals surface area contributed by atoms with Gasteiger partial charge in [-0.3, -0.25) is 0 Å². The topological polar surface area (TPSA) is 38.5 Å². The molecule has 1 fully saturated rings. The van der Waals surface area contributed by atoms with E-state index in [4.69, 9.17) is 10.5 Å². The van der Waals surface area contributed by atoms with E-state index in [-0.39, 0.29) is 0 Å². The van der Waals surface area contributed by atoms with Crippen LogP contribution in [0.15, 0.2) is 0 Å². The van der Waals surface area contributed by atoms with E-state index in [2.05, 4.69) is 25.8 Å². The lowest BCUT2D eigenvalue weighted by Gasteiger charge is -2.28. The smallest absolute Gasteiger partial charge is 0.0506 e. The zero-order chi connectivity index (χ0) is 13.4. The molecule has 0 aliphatic carbocycles. The lowest BCUT2D eigenvalue weighted by atomic mass is 9.84. The molecule has 3 heteroatoms. The molecule has 1 aliphatic heterocycles. The van der Waals surface area contributed by atoms with Crippen LogP contribution in [-0.4, -0.2) is 44.8 Å². The third kappa shape index (κ3) is 6.72. The van der Waals surface area contributed by atoms with E-state index >= 15 is 0 Å². The Bertz CT molecular complexity index is 213. The number of rotatable bonds is 8. The molecular weight excluding hydrogens is 224 g/mol. The molecule has 0 saturated carbocycles. The van der Waals surface area contributed by atoms with Gasteiger partial charge in [-0.2, -0.15) is 0 Å². The normalized spacial score (nSPS) is 21.5. The van der Waals surface area contributed by atoms with Crippen molar-refractivity contribution < 1.29 is 4.74 Å². The predicted molar refractivity (Wildman–Crippen MR) is 77.7 cm³/mol. The minimum atomic E-state index is 0.406. The average molecular weight is 256 g/mol. The third-order valence-corrected chi connectivity index (χ3v) is 4.04. The fourth-order valence-corrected chi connectivity index (χ4v) is 2.83. The number of hydrogen-bond donors (Lipinski definition) is 1. The maximum absolute atomic E-state index is 5.65. The van der Waals surface area contributed by atoms with Crippen LogP contribution in [0.25, 0.3) is 0 Å². The average Bonchev–Trinajstić information content (AvgIpc) is 2.29. The van der Waals surface area contributed by atoms with Gasteiger partial charge in [0.25, 0.3) is 0 Å². The Morgan fingerprint density at radius 3 is 2.72 bits per heavy atom. The van der Waals surface area contributed by atoms with Gasteiger partial charge >= 0.3 is 0 Å². The molecule has 108 valence electrons. The van der Waals surface area contributed by atoms with Gasteiger partial charge in [0.05, 0.1) is 6.61 Å². The summed E-state index contributed by atoms with van der Waals surface area (Å²) in [5.41, 5.74) is 6.05. The van der Waals surface area contributed by atoms with Gasteiger partial charge in [-0.1, -0.05) is 13.8 Å². The first kappa shape index (κ1) is 15.9. The van der Waals surface area contributed by atoms with E-state index < -0.39 is 0 Å². The molecular formula is C15H32N2O. The number of hydrogen-bond acceptors (Lipinski definition) is 3. The van der Waals surface area contributed by atoms with Gasteiger partial charge in [0, 0.05) is 13.2 Å². The van der Waals surface area contributed by atoms with Crippen LogP contribution in [0.2, 0.25) is 0 Å². The van der Waals surface area contributed by atoms with Gasteiger partial charge in [-0.15, -0.1) is 0 Å². The van der Waals surface area contributed by atoms with Gasteiger partial charge < -0.3 is 15.4 Å². The summed E-state index contributed by atoms with van der Waals surface area (Å²) in [6, 6.07) is 0. The molecule has 2 N–H and O–H groups in total. The van der Waals surface area contributed by atoms with Crippen LogP contribution in [0.1, 0.15) is 46.0 Å². The van der Waals surface area contributed by atoms with Crippen LogP contribution in [0.5, 0.6) is 0 Å². The number of nitrogens with two attached hydrogens (primary N) is 1. The molecule has 1 atom stereocenters. The lowest BCUT2D eigenvalue weighted by molar-refractivity contribution is 0.0415. The number of ether oxygens (including phenoxy) is 1. The first-order valence-electron chi connectivity index (χ1n) is 7.50. The Morgan fingerprint density at radius 2 is 2.11 bits per heavy atom. The second kappa shape index (κ2) is 8.13. The molecule has 0 aromatic heterocycles.